The van der Waals surface area contributed by atoms with Crippen LogP contribution in [0.3, 0.4) is 0 Å². The second-order valence-electron chi connectivity index (χ2n) is 5.08. The summed E-state index contributed by atoms with van der Waals surface area (Å²) < 4.78 is 1.78. The number of hydrogen-bond donors (Lipinski definition) is 0. The molecule has 0 aromatic rings. The molecule has 25 heavy (non-hydrogen) atoms. The molecule has 0 heterocycles. The van der Waals surface area contributed by atoms with Crippen LogP contribution in [0.25, 0.3) is 0 Å². The Morgan fingerprint density at radius 1 is 0.600 bits per heavy atom. The molecule has 0 aliphatic carbocycles. The van der Waals surface area contributed by atoms with Gasteiger partial charge in [0.2, 0.25) is 0 Å². The zero-order valence-corrected chi connectivity index (χ0v) is 22.1. The molecule has 162 valence electrons. The van der Waals surface area contributed by atoms with Crippen LogP contribution >= 0.6 is 0 Å². The van der Waals surface area contributed by atoms with Crippen LogP contribution in [0.5, 0.6) is 0 Å². The SMILES string of the molecule is C.C.C.C.C[CH-]C.[CH2-]C.[CH2-][N+](C)(CC)CC.[CH2-][N+](C)(CC)CC.[W+2].[W+2]. The maximum atomic E-state index is 3.94. The average molecular weight is 706 g/mol. The first-order chi connectivity index (χ1) is 8.66. The van der Waals surface area contributed by atoms with Crippen LogP contribution in [-0.4, -0.2) is 49.2 Å². The summed E-state index contributed by atoms with van der Waals surface area (Å²) >= 11 is 0. The fourth-order valence-corrected chi connectivity index (χ4v) is 0.447. The minimum Gasteiger partial charge on any atom is -0.460 e. The summed E-state index contributed by atoms with van der Waals surface area (Å²) in [6, 6.07) is 0. The molecule has 0 bridgehead atoms. The Bertz CT molecular complexity index is 123. The van der Waals surface area contributed by atoms with Crippen LogP contribution in [0.15, 0.2) is 0 Å². The number of rotatable bonds is 4. The van der Waals surface area contributed by atoms with E-state index in [0.29, 0.717) is 0 Å². The fourth-order valence-electron chi connectivity index (χ4n) is 0.447. The van der Waals surface area contributed by atoms with Crippen LogP contribution in [-0.2, 0) is 42.1 Å². The second kappa shape index (κ2) is 44.6. The van der Waals surface area contributed by atoms with Gasteiger partial charge in [-0.15, -0.1) is 14.1 Å². The minimum absolute atomic E-state index is 0. The standard InChI is InChI=1S/2C6H15N.C3H7.C2H5.4CH4.2W/c2*1-5-7(3,4)6-2;1-3-2;1-2;;;;;;/h2*3,5-6H2,1-2,4H3;3H,1-2H3;1H2,2H3;4*1H4;;/q;;2*-1;;;;;2*+2. The number of hydrogen-bond acceptors (Lipinski definition) is 0. The van der Waals surface area contributed by atoms with E-state index >= 15 is 0 Å². The Labute approximate surface area is 196 Å². The number of nitrogens with zero attached hydrogens (tertiary/aromatic N) is 2. The van der Waals surface area contributed by atoms with Gasteiger partial charge in [0.05, 0.1) is 26.2 Å². The summed E-state index contributed by atoms with van der Waals surface area (Å²) in [4.78, 5) is 0. The van der Waals surface area contributed by atoms with Crippen molar-refractivity contribution in [1.29, 1.82) is 0 Å². The van der Waals surface area contributed by atoms with Crippen molar-refractivity contribution in [3.05, 3.63) is 27.4 Å². The Balaban J connectivity index is -0.0000000150. The largest absolute Gasteiger partial charge is 2.00 e. The molecule has 0 fully saturated rings. The zero-order valence-electron chi connectivity index (χ0n) is 16.2. The van der Waals surface area contributed by atoms with E-state index in [1.165, 1.54) is 0 Å². The molecule has 0 rings (SSSR count). The van der Waals surface area contributed by atoms with Crippen LogP contribution in [0.4, 0.5) is 0 Å². The maximum Gasteiger partial charge on any atom is 2.00 e. The predicted octanol–water partition coefficient (Wildman–Crippen LogP) is 7.14. The van der Waals surface area contributed by atoms with E-state index in [1.807, 2.05) is 20.3 Å². The van der Waals surface area contributed by atoms with Crippen molar-refractivity contribution in [3.8, 4) is 0 Å². The van der Waals surface area contributed by atoms with Gasteiger partial charge in [-0.25, -0.2) is 0 Å². The van der Waals surface area contributed by atoms with Crippen molar-refractivity contribution in [2.45, 2.75) is 78.2 Å². The molecule has 0 N–H and O–H groups in total. The Hall–Kier alpha value is 1.30. The van der Waals surface area contributed by atoms with Gasteiger partial charge in [0.1, 0.15) is 0 Å². The average Bonchev–Trinajstić information content (AvgIpc) is 2.42. The molecule has 0 aliphatic heterocycles. The van der Waals surface area contributed by atoms with Crippen molar-refractivity contribution in [1.82, 2.24) is 0 Å². The molecule has 0 aliphatic rings. The quantitative estimate of drug-likeness (QED) is 0.216. The minimum atomic E-state index is 0. The van der Waals surface area contributed by atoms with Crippen molar-refractivity contribution in [2.24, 2.45) is 0 Å². The topological polar surface area (TPSA) is 0 Å². The summed E-state index contributed by atoms with van der Waals surface area (Å²) in [5, 5.41) is 0. The van der Waals surface area contributed by atoms with Gasteiger partial charge < -0.3 is 22.3 Å². The first kappa shape index (κ1) is 63.4. The van der Waals surface area contributed by atoms with Crippen molar-refractivity contribution < 1.29 is 51.1 Å². The molecule has 0 spiro atoms. The summed E-state index contributed by atoms with van der Waals surface area (Å²) in [5.74, 6) is 0. The molecule has 4 heteroatoms. The van der Waals surface area contributed by atoms with Crippen molar-refractivity contribution >= 4 is 0 Å². The molecule has 2 nitrogen and oxygen atoms in total. The van der Waals surface area contributed by atoms with E-state index in [2.05, 4.69) is 62.8 Å². The first-order valence-electron chi connectivity index (χ1n) is 7.48. The predicted molar refractivity (Wildman–Crippen MR) is 119 cm³/mol. The molecule has 0 aromatic carbocycles. The van der Waals surface area contributed by atoms with Gasteiger partial charge in [-0.05, 0) is 27.7 Å². The first-order valence-corrected chi connectivity index (χ1v) is 7.48. The van der Waals surface area contributed by atoms with Gasteiger partial charge in [-0.1, -0.05) is 29.7 Å². The van der Waals surface area contributed by atoms with E-state index in [9.17, 15) is 0 Å². The maximum absolute atomic E-state index is 3.94. The monoisotopic (exact) mass is 706 g/mol. The van der Waals surface area contributed by atoms with E-state index in [-0.39, 0.29) is 71.8 Å². The van der Waals surface area contributed by atoms with Gasteiger partial charge in [-0.2, -0.15) is 20.8 Å². The van der Waals surface area contributed by atoms with Crippen LogP contribution < -0.4 is 0 Å². The zero-order chi connectivity index (χ0) is 16.5. The summed E-state index contributed by atoms with van der Waals surface area (Å²) in [6.45, 7) is 22.1. The van der Waals surface area contributed by atoms with Crippen molar-refractivity contribution in [2.75, 3.05) is 40.3 Å². The normalized spacial score (nSPS) is 7.68. The van der Waals surface area contributed by atoms with E-state index in [0.717, 1.165) is 35.1 Å². The molecular formula is C21H58N2W2+2. The molecule has 0 radical (unpaired) electrons. The molecule has 0 aromatic heterocycles. The molecule has 0 atom stereocenters. The molecule has 0 saturated heterocycles. The number of quaternary nitrogens is 2. The third-order valence-electron chi connectivity index (χ3n) is 3.05. The third-order valence-corrected chi connectivity index (χ3v) is 3.05. The van der Waals surface area contributed by atoms with Crippen molar-refractivity contribution in [3.63, 3.8) is 0 Å². The van der Waals surface area contributed by atoms with Gasteiger partial charge in [0, 0.05) is 14.1 Å². The molecular weight excluding hydrogens is 648 g/mol. The Morgan fingerprint density at radius 3 is 0.680 bits per heavy atom. The van der Waals surface area contributed by atoms with Gasteiger partial charge in [0.15, 0.2) is 0 Å². The summed E-state index contributed by atoms with van der Waals surface area (Å²) in [6.07, 6.45) is 2.00. The Morgan fingerprint density at radius 2 is 0.680 bits per heavy atom. The van der Waals surface area contributed by atoms with E-state index < -0.39 is 0 Å². The molecule has 0 saturated carbocycles. The van der Waals surface area contributed by atoms with E-state index in [4.69, 9.17) is 0 Å². The third kappa shape index (κ3) is 77.7. The van der Waals surface area contributed by atoms with Gasteiger partial charge in [0.25, 0.3) is 0 Å². The summed E-state index contributed by atoms with van der Waals surface area (Å²) in [7, 11) is 12.1. The molecule has 0 amide bonds. The smallest absolute Gasteiger partial charge is 0.460 e. The summed E-state index contributed by atoms with van der Waals surface area (Å²) in [5.41, 5.74) is 0. The van der Waals surface area contributed by atoms with E-state index in [1.54, 1.807) is 6.92 Å². The second-order valence-corrected chi connectivity index (χ2v) is 5.08. The van der Waals surface area contributed by atoms with Crippen LogP contribution in [0, 0.1) is 27.4 Å². The molecule has 0 unspecified atom stereocenters. The van der Waals surface area contributed by atoms with Crippen LogP contribution in [0.2, 0.25) is 0 Å². The Kier molecular flexibility index (Phi) is 113. The van der Waals surface area contributed by atoms with Crippen LogP contribution in [0.1, 0.15) is 78.2 Å². The van der Waals surface area contributed by atoms with Gasteiger partial charge >= 0.3 is 42.1 Å². The van der Waals surface area contributed by atoms with Gasteiger partial charge in [-0.3, -0.25) is 0 Å². The fraction of sp³-hybridized carbons (Fsp3) is 0.810.